The molecule has 1 atom stereocenters. The van der Waals surface area contributed by atoms with Gasteiger partial charge in [-0.05, 0) is 64.6 Å². The highest BCUT2D eigenvalue weighted by Crippen LogP contribution is 2.40. The van der Waals surface area contributed by atoms with Crippen LogP contribution in [-0.4, -0.2) is 40.4 Å². The molecule has 1 aliphatic carbocycles. The van der Waals surface area contributed by atoms with E-state index < -0.39 is 29.6 Å². The maximum atomic E-state index is 13.5. The molecule has 0 saturated carbocycles. The Hall–Kier alpha value is -6.56. The van der Waals surface area contributed by atoms with Gasteiger partial charge in [0.15, 0.2) is 12.4 Å². The van der Waals surface area contributed by atoms with Crippen molar-refractivity contribution in [1.82, 2.24) is 4.98 Å². The smallest absolute Gasteiger partial charge is 0.338 e. The van der Waals surface area contributed by atoms with E-state index in [2.05, 4.69) is 23.2 Å². The summed E-state index contributed by atoms with van der Waals surface area (Å²) in [6, 6.07) is 32.2. The van der Waals surface area contributed by atoms with Crippen molar-refractivity contribution in [2.24, 2.45) is 0 Å². The van der Waals surface area contributed by atoms with Crippen LogP contribution in [0.3, 0.4) is 0 Å². The number of benzene rings is 4. The second kappa shape index (κ2) is 13.2. The molecule has 5 aromatic rings. The Kier molecular flexibility index (Phi) is 8.42. The van der Waals surface area contributed by atoms with Crippen LogP contribution in [0.2, 0.25) is 0 Å². The molecule has 1 saturated heterocycles. The topological polar surface area (TPSA) is 167 Å². The molecule has 10 nitrogen and oxygen atoms in total. The lowest BCUT2D eigenvalue weighted by Crippen LogP contribution is -2.31. The number of carbonyl (C=O) groups excluding carboxylic acids is 4. The molecule has 242 valence electrons. The minimum atomic E-state index is -0.915. The molecule has 1 fully saturated rings. The van der Waals surface area contributed by atoms with Crippen LogP contribution in [-0.2, 0) is 20.7 Å². The number of hydrogen-bond acceptors (Lipinski definition) is 10. The van der Waals surface area contributed by atoms with Gasteiger partial charge in [0, 0.05) is 17.5 Å². The first kappa shape index (κ1) is 32.0. The van der Waals surface area contributed by atoms with Gasteiger partial charge in [0.05, 0.1) is 22.1 Å². The maximum absolute atomic E-state index is 13.5. The molecule has 2 amide bonds. The van der Waals surface area contributed by atoms with E-state index in [-0.39, 0.29) is 45.4 Å². The average molecular weight is 676 g/mol. The number of carbonyl (C=O) groups is 4. The zero-order valence-corrected chi connectivity index (χ0v) is 27.1. The summed E-state index contributed by atoms with van der Waals surface area (Å²) in [7, 11) is 0. The number of nitrogens with zero attached hydrogens (tertiary/aromatic N) is 4. The molecule has 0 spiro atoms. The molecule has 2 heterocycles. The number of esters is 1. The van der Waals surface area contributed by atoms with Gasteiger partial charge in [-0.1, -0.05) is 78.5 Å². The molecule has 4 aromatic carbocycles. The first-order valence-electron chi connectivity index (χ1n) is 15.5. The van der Waals surface area contributed by atoms with Crippen LogP contribution in [0.4, 0.5) is 11.5 Å². The Morgan fingerprint density at radius 3 is 2.28 bits per heavy atom. The third kappa shape index (κ3) is 5.76. The number of rotatable bonds is 8. The van der Waals surface area contributed by atoms with E-state index >= 15 is 0 Å². The lowest BCUT2D eigenvalue weighted by Gasteiger charge is -2.16. The Bertz CT molecular complexity index is 2330. The van der Waals surface area contributed by atoms with Crippen LogP contribution in [0.25, 0.3) is 22.3 Å². The van der Waals surface area contributed by atoms with Gasteiger partial charge in [0.25, 0.3) is 0 Å². The van der Waals surface area contributed by atoms with Gasteiger partial charge in [-0.15, -0.1) is 0 Å². The lowest BCUT2D eigenvalue weighted by molar-refractivity contribution is -0.121. The molecule has 1 aliphatic heterocycles. The third-order valence-electron chi connectivity index (χ3n) is 8.65. The standard InChI is InChI=1S/C39H25N5O5S/c40-19-30-35(22-6-2-1-3-7-22)31(20-41)37(43-36(30)42)50-33-18-34(46)44(38(33)47)27-13-10-23(11-14-27)39(48)49-21-32(45)25-12-15-29-26(17-25)16-24-8-4-5-9-28(24)29/h1-15,17,33H,16,18,21H2,(H2,42,43). The molecule has 1 unspecified atom stereocenters. The molecule has 50 heavy (non-hydrogen) atoms. The predicted molar refractivity (Wildman–Crippen MR) is 186 cm³/mol. The van der Waals surface area contributed by atoms with Crippen LogP contribution in [0, 0.1) is 22.7 Å². The number of ether oxygens (including phenoxy) is 1. The minimum Gasteiger partial charge on any atom is -0.454 e. The fourth-order valence-corrected chi connectivity index (χ4v) is 7.36. The second-order valence-electron chi connectivity index (χ2n) is 11.6. The largest absolute Gasteiger partial charge is 0.454 e. The van der Waals surface area contributed by atoms with Crippen molar-refractivity contribution in [2.45, 2.75) is 23.1 Å². The Morgan fingerprint density at radius 1 is 0.860 bits per heavy atom. The van der Waals surface area contributed by atoms with Crippen LogP contribution in [0.5, 0.6) is 0 Å². The number of nitriles is 2. The number of ketones is 1. The number of amides is 2. The number of aromatic nitrogens is 1. The summed E-state index contributed by atoms with van der Waals surface area (Å²) in [4.78, 5) is 57.6. The molecule has 11 heteroatoms. The van der Waals surface area contributed by atoms with Crippen LogP contribution >= 0.6 is 11.8 Å². The van der Waals surface area contributed by atoms with Crippen molar-refractivity contribution in [3.05, 3.63) is 130 Å². The highest BCUT2D eigenvalue weighted by molar-refractivity contribution is 8.00. The molecule has 0 bridgehead atoms. The summed E-state index contributed by atoms with van der Waals surface area (Å²) in [6.45, 7) is -0.446. The first-order chi connectivity index (χ1) is 24.3. The molecular formula is C39H25N5O5S. The Labute approximate surface area is 290 Å². The van der Waals surface area contributed by atoms with Gasteiger partial charge in [0.1, 0.15) is 28.5 Å². The molecule has 2 N–H and O–H groups in total. The van der Waals surface area contributed by atoms with Crippen LogP contribution in [0.15, 0.2) is 102 Å². The van der Waals surface area contributed by atoms with Crippen molar-refractivity contribution in [1.29, 1.82) is 10.5 Å². The number of nitrogen functional groups attached to an aromatic ring is 1. The fourth-order valence-electron chi connectivity index (χ4n) is 6.24. The average Bonchev–Trinajstić information content (AvgIpc) is 3.65. The molecule has 1 aromatic heterocycles. The van der Waals surface area contributed by atoms with Crippen molar-refractivity contribution < 1.29 is 23.9 Å². The molecular weight excluding hydrogens is 651 g/mol. The molecule has 7 rings (SSSR count). The summed E-state index contributed by atoms with van der Waals surface area (Å²) in [6.07, 6.45) is 0.564. The van der Waals surface area contributed by atoms with Gasteiger partial charge >= 0.3 is 5.97 Å². The highest BCUT2D eigenvalue weighted by atomic mass is 32.2. The quantitative estimate of drug-likeness (QED) is 0.113. The van der Waals surface area contributed by atoms with E-state index in [1.807, 2.05) is 30.3 Å². The summed E-state index contributed by atoms with van der Waals surface area (Å²) in [5.74, 6) is -2.17. The highest BCUT2D eigenvalue weighted by Gasteiger charge is 2.41. The minimum absolute atomic E-state index is 0.0464. The summed E-state index contributed by atoms with van der Waals surface area (Å²) in [5, 5.41) is 19.1. The summed E-state index contributed by atoms with van der Waals surface area (Å²) >= 11 is 0.933. The van der Waals surface area contributed by atoms with E-state index in [1.54, 1.807) is 36.4 Å². The van der Waals surface area contributed by atoms with Crippen molar-refractivity contribution in [3.63, 3.8) is 0 Å². The van der Waals surface area contributed by atoms with Gasteiger partial charge in [0.2, 0.25) is 11.8 Å². The number of pyridine rings is 1. The summed E-state index contributed by atoms with van der Waals surface area (Å²) < 4.78 is 5.30. The molecule has 0 radical (unpaired) electrons. The number of anilines is 2. The third-order valence-corrected chi connectivity index (χ3v) is 9.82. The predicted octanol–water partition coefficient (Wildman–Crippen LogP) is 6.11. The van der Waals surface area contributed by atoms with Crippen LogP contribution < -0.4 is 10.6 Å². The zero-order chi connectivity index (χ0) is 34.9. The van der Waals surface area contributed by atoms with E-state index in [4.69, 9.17) is 10.5 Å². The van der Waals surface area contributed by atoms with Gasteiger partial charge in [-0.3, -0.25) is 14.4 Å². The Morgan fingerprint density at radius 2 is 1.54 bits per heavy atom. The maximum Gasteiger partial charge on any atom is 0.338 e. The van der Waals surface area contributed by atoms with Crippen LogP contribution in [0.1, 0.15) is 49.4 Å². The SMILES string of the molecule is N#Cc1c(N)nc(SC2CC(=O)N(c3ccc(C(=O)OCC(=O)c4ccc5c(c4)Cc4ccccc4-5)cc3)C2=O)c(C#N)c1-c1ccccc1. The first-order valence-corrected chi connectivity index (χ1v) is 16.4. The van der Waals surface area contributed by atoms with E-state index in [0.29, 0.717) is 16.7 Å². The number of fused-ring (bicyclic) bond motifs is 3. The van der Waals surface area contributed by atoms with E-state index in [0.717, 1.165) is 39.8 Å². The van der Waals surface area contributed by atoms with Gasteiger partial charge in [-0.2, -0.15) is 10.5 Å². The monoisotopic (exact) mass is 675 g/mol. The number of imide groups is 1. The summed E-state index contributed by atoms with van der Waals surface area (Å²) in [5.41, 5.74) is 12.5. The zero-order valence-electron chi connectivity index (χ0n) is 26.3. The molecule has 2 aliphatic rings. The fraction of sp³-hybridized carbons (Fsp3) is 0.103. The van der Waals surface area contributed by atoms with E-state index in [1.165, 1.54) is 29.8 Å². The second-order valence-corrected chi connectivity index (χ2v) is 12.8. The Balaban J connectivity index is 1.02. The van der Waals surface area contributed by atoms with Crippen molar-refractivity contribution in [2.75, 3.05) is 17.2 Å². The van der Waals surface area contributed by atoms with Crippen molar-refractivity contribution >= 4 is 46.8 Å². The van der Waals surface area contributed by atoms with Gasteiger partial charge < -0.3 is 10.5 Å². The number of thioether (sulfide) groups is 1. The lowest BCUT2D eigenvalue weighted by atomic mass is 9.97. The van der Waals surface area contributed by atoms with Gasteiger partial charge in [-0.25, -0.2) is 14.7 Å². The van der Waals surface area contributed by atoms with E-state index in [9.17, 15) is 29.7 Å². The van der Waals surface area contributed by atoms with Crippen molar-refractivity contribution in [3.8, 4) is 34.4 Å². The number of hydrogen-bond donors (Lipinski definition) is 1. The normalized spacial score (nSPS) is 14.4. The number of Topliss-reactive ketones (excluding diaryl/α,β-unsaturated/α-hetero) is 1. The number of nitrogens with two attached hydrogens (primary N) is 1.